The molecule has 1 unspecified atom stereocenters. The molecule has 0 spiro atoms. The molecule has 0 aliphatic carbocycles. The van der Waals surface area contributed by atoms with E-state index in [0.29, 0.717) is 10.6 Å². The van der Waals surface area contributed by atoms with E-state index in [-0.39, 0.29) is 15.8 Å². The van der Waals surface area contributed by atoms with Gasteiger partial charge in [0.1, 0.15) is 0 Å². The van der Waals surface area contributed by atoms with Crippen molar-refractivity contribution in [1.82, 2.24) is 0 Å². The highest BCUT2D eigenvalue weighted by molar-refractivity contribution is 6.37. The Kier molecular flexibility index (Phi) is 4.98. The Balaban J connectivity index is 2.18. The molecule has 0 saturated carbocycles. The van der Waals surface area contributed by atoms with Crippen LogP contribution in [0.1, 0.15) is 11.4 Å². The molecule has 0 aliphatic rings. The van der Waals surface area contributed by atoms with Crippen LogP contribution in [0.2, 0.25) is 15.1 Å². The molecule has 2 aromatic carbocycles. The minimum Gasteiger partial charge on any atom is -0.423 e. The molecule has 0 bridgehead atoms. The van der Waals surface area contributed by atoms with E-state index in [0.717, 1.165) is 0 Å². The fourth-order valence-corrected chi connectivity index (χ4v) is 2.15. The molecule has 0 saturated heterocycles. The second-order valence-electron chi connectivity index (χ2n) is 4.00. The number of rotatable bonds is 3. The molecule has 0 aliphatic heterocycles. The van der Waals surface area contributed by atoms with Crippen LogP contribution in [0.3, 0.4) is 0 Å². The average Bonchev–Trinajstić information content (AvgIpc) is 2.43. The molecule has 2 nitrogen and oxygen atoms in total. The van der Waals surface area contributed by atoms with Gasteiger partial charge in [0.05, 0.1) is 17.9 Å². The number of carbonyl (C=O) groups excluding carboxylic acids is 1. The number of benzene rings is 2. The van der Waals surface area contributed by atoms with Gasteiger partial charge in [-0.05, 0) is 29.8 Å². The summed E-state index contributed by atoms with van der Waals surface area (Å²) in [5.41, 5.74) is 0.586. The molecule has 1 atom stereocenters. The fraction of sp³-hybridized carbons (Fsp3) is 0.0714. The van der Waals surface area contributed by atoms with Crippen LogP contribution in [-0.2, 0) is 4.79 Å². The van der Waals surface area contributed by atoms with Gasteiger partial charge in [0, 0.05) is 10.8 Å². The van der Waals surface area contributed by atoms with Gasteiger partial charge in [0.25, 0.3) is 0 Å². The maximum Gasteiger partial charge on any atom is 0.309 e. The summed E-state index contributed by atoms with van der Waals surface area (Å²) < 4.78 is 5.16. The molecule has 2 radical (unpaired) electrons. The van der Waals surface area contributed by atoms with Gasteiger partial charge in [-0.15, -0.1) is 0 Å². The molecule has 2 aromatic rings. The predicted octanol–water partition coefficient (Wildman–Crippen LogP) is 4.46. The highest BCUT2D eigenvalue weighted by Gasteiger charge is 2.19. The highest BCUT2D eigenvalue weighted by atomic mass is 35.5. The van der Waals surface area contributed by atoms with Gasteiger partial charge in [-0.25, -0.2) is 0 Å². The summed E-state index contributed by atoms with van der Waals surface area (Å²) in [6, 6.07) is 11.4. The molecule has 2 rings (SSSR count). The SMILES string of the molecule is [B]C(C(=O)Oc1c(Cl)cccc1Cl)c1ccc(Cl)cc1. The Bertz CT molecular complexity index is 609. The van der Waals surface area contributed by atoms with E-state index in [1.165, 1.54) is 0 Å². The first-order valence-electron chi connectivity index (χ1n) is 5.66. The van der Waals surface area contributed by atoms with Crippen molar-refractivity contribution >= 4 is 48.6 Å². The van der Waals surface area contributed by atoms with Gasteiger partial charge in [-0.3, -0.25) is 4.79 Å². The summed E-state index contributed by atoms with van der Waals surface area (Å²) in [4.78, 5) is 12.0. The number of hydrogen-bond acceptors (Lipinski definition) is 2. The molecule has 100 valence electrons. The van der Waals surface area contributed by atoms with Crippen LogP contribution >= 0.6 is 34.8 Å². The van der Waals surface area contributed by atoms with E-state index in [2.05, 4.69) is 0 Å². The Morgan fingerprint density at radius 2 is 1.55 bits per heavy atom. The second-order valence-corrected chi connectivity index (χ2v) is 5.25. The van der Waals surface area contributed by atoms with E-state index >= 15 is 0 Å². The summed E-state index contributed by atoms with van der Waals surface area (Å²) in [6.07, 6.45) is 0. The summed E-state index contributed by atoms with van der Waals surface area (Å²) in [5, 5.41) is 1.05. The van der Waals surface area contributed by atoms with Crippen LogP contribution in [0.15, 0.2) is 42.5 Å². The lowest BCUT2D eigenvalue weighted by atomic mass is 9.81. The van der Waals surface area contributed by atoms with Crippen LogP contribution < -0.4 is 4.74 Å². The van der Waals surface area contributed by atoms with Crippen molar-refractivity contribution < 1.29 is 9.53 Å². The maximum atomic E-state index is 12.0. The summed E-state index contributed by atoms with van der Waals surface area (Å²) in [6.45, 7) is 0. The molecule has 0 N–H and O–H groups in total. The van der Waals surface area contributed by atoms with Gasteiger partial charge in [0.15, 0.2) is 5.75 Å². The fourth-order valence-electron chi connectivity index (χ4n) is 1.55. The third-order valence-corrected chi connectivity index (χ3v) is 3.45. The third kappa shape index (κ3) is 3.48. The van der Waals surface area contributed by atoms with Gasteiger partial charge >= 0.3 is 5.97 Å². The van der Waals surface area contributed by atoms with Crippen LogP contribution in [0.4, 0.5) is 0 Å². The van der Waals surface area contributed by atoms with Crippen molar-refractivity contribution in [1.29, 1.82) is 0 Å². The van der Waals surface area contributed by atoms with Crippen LogP contribution in [0.25, 0.3) is 0 Å². The van der Waals surface area contributed by atoms with Gasteiger partial charge in [-0.2, -0.15) is 0 Å². The van der Waals surface area contributed by atoms with Crippen molar-refractivity contribution in [2.24, 2.45) is 0 Å². The zero-order valence-corrected chi connectivity index (χ0v) is 12.4. The normalized spacial score (nSPS) is 11.9. The van der Waals surface area contributed by atoms with Crippen molar-refractivity contribution in [2.75, 3.05) is 0 Å². The Morgan fingerprint density at radius 3 is 2.10 bits per heavy atom. The quantitative estimate of drug-likeness (QED) is 0.473. The molecule has 6 heteroatoms. The number of para-hydroxylation sites is 1. The largest absolute Gasteiger partial charge is 0.423 e. The van der Waals surface area contributed by atoms with Gasteiger partial charge in [-0.1, -0.05) is 53.0 Å². The highest BCUT2D eigenvalue weighted by Crippen LogP contribution is 2.33. The second kappa shape index (κ2) is 6.53. The van der Waals surface area contributed by atoms with Crippen LogP contribution in [0, 0.1) is 0 Å². The van der Waals surface area contributed by atoms with Crippen LogP contribution in [0.5, 0.6) is 5.75 Å². The number of hydrogen-bond donors (Lipinski definition) is 0. The Morgan fingerprint density at radius 1 is 1.00 bits per heavy atom. The van der Waals surface area contributed by atoms with E-state index < -0.39 is 11.8 Å². The summed E-state index contributed by atoms with van der Waals surface area (Å²) in [7, 11) is 5.83. The molecule has 0 amide bonds. The maximum absolute atomic E-state index is 12.0. The van der Waals surface area contributed by atoms with E-state index in [1.54, 1.807) is 42.5 Å². The topological polar surface area (TPSA) is 26.3 Å². The summed E-state index contributed by atoms with van der Waals surface area (Å²) >= 11 is 17.6. The van der Waals surface area contributed by atoms with Crippen molar-refractivity contribution in [3.8, 4) is 5.75 Å². The molecular formula is C14H8BCl3O2. The van der Waals surface area contributed by atoms with Crippen LogP contribution in [-0.4, -0.2) is 13.8 Å². The van der Waals surface area contributed by atoms with E-state index in [4.69, 9.17) is 47.4 Å². The smallest absolute Gasteiger partial charge is 0.309 e. The lowest BCUT2D eigenvalue weighted by molar-refractivity contribution is -0.134. The predicted molar refractivity (Wildman–Crippen MR) is 82.0 cm³/mol. The van der Waals surface area contributed by atoms with Crippen molar-refractivity contribution in [2.45, 2.75) is 5.82 Å². The first-order valence-corrected chi connectivity index (χ1v) is 6.79. The number of ether oxygens (including phenoxy) is 1. The average molecular weight is 325 g/mol. The monoisotopic (exact) mass is 324 g/mol. The minimum absolute atomic E-state index is 0.102. The van der Waals surface area contributed by atoms with E-state index in [9.17, 15) is 4.79 Å². The Hall–Kier alpha value is -1.16. The molecule has 20 heavy (non-hydrogen) atoms. The zero-order valence-electron chi connectivity index (χ0n) is 10.1. The lowest BCUT2D eigenvalue weighted by Gasteiger charge is -2.13. The Labute approximate surface area is 133 Å². The summed E-state index contributed by atoms with van der Waals surface area (Å²) in [5.74, 6) is -1.49. The minimum atomic E-state index is -0.945. The number of carbonyl (C=O) groups is 1. The number of halogens is 3. The molecule has 0 heterocycles. The lowest BCUT2D eigenvalue weighted by Crippen LogP contribution is -2.19. The third-order valence-electron chi connectivity index (χ3n) is 2.60. The van der Waals surface area contributed by atoms with Gasteiger partial charge in [0.2, 0.25) is 0 Å². The first kappa shape index (κ1) is 15.2. The molecule has 0 fully saturated rings. The first-order chi connectivity index (χ1) is 9.49. The van der Waals surface area contributed by atoms with Crippen molar-refractivity contribution in [3.63, 3.8) is 0 Å². The molecule has 0 aromatic heterocycles. The van der Waals surface area contributed by atoms with Gasteiger partial charge < -0.3 is 4.74 Å². The van der Waals surface area contributed by atoms with E-state index in [1.807, 2.05) is 0 Å². The standard InChI is InChI=1S/C14H8BCl3O2/c15-12(8-4-6-9(16)7-5-8)14(19)20-13-10(17)2-1-3-11(13)18/h1-7,12H. The van der Waals surface area contributed by atoms with Crippen molar-refractivity contribution in [3.05, 3.63) is 63.1 Å². The number of esters is 1. The molecular weight excluding hydrogens is 317 g/mol. The zero-order chi connectivity index (χ0) is 14.7.